The summed E-state index contributed by atoms with van der Waals surface area (Å²) in [5, 5.41) is 17.9. The maximum absolute atomic E-state index is 12.1. The summed E-state index contributed by atoms with van der Waals surface area (Å²) in [7, 11) is 0. The van der Waals surface area contributed by atoms with E-state index in [2.05, 4.69) is 0 Å². The summed E-state index contributed by atoms with van der Waals surface area (Å²) in [6.07, 6.45) is 1.46. The molecule has 4 heteroatoms. The van der Waals surface area contributed by atoms with Crippen LogP contribution in [0.4, 0.5) is 0 Å². The van der Waals surface area contributed by atoms with Crippen LogP contribution in [0, 0.1) is 36.5 Å². The Bertz CT molecular complexity index is 789. The van der Waals surface area contributed by atoms with Gasteiger partial charge in [0.15, 0.2) is 0 Å². The van der Waals surface area contributed by atoms with E-state index in [1.807, 2.05) is 44.2 Å². The van der Waals surface area contributed by atoms with Crippen LogP contribution in [0.15, 0.2) is 35.3 Å². The number of benzene rings is 1. The topological polar surface area (TPSA) is 69.6 Å². The number of pyridine rings is 1. The molecule has 4 nitrogen and oxygen atoms in total. The summed E-state index contributed by atoms with van der Waals surface area (Å²) in [4.78, 5) is 12.1. The summed E-state index contributed by atoms with van der Waals surface area (Å²) in [6.45, 7) is 3.85. The molecule has 0 atom stereocenters. The fraction of sp³-hybridized carbons (Fsp3) is 0.133. The van der Waals surface area contributed by atoms with Gasteiger partial charge in [-0.1, -0.05) is 17.7 Å². The first-order valence-corrected chi connectivity index (χ1v) is 5.71. The summed E-state index contributed by atoms with van der Waals surface area (Å²) in [5.41, 5.74) is 2.54. The lowest BCUT2D eigenvalue weighted by Crippen LogP contribution is -2.21. The molecule has 0 aliphatic heterocycles. The van der Waals surface area contributed by atoms with Crippen molar-refractivity contribution in [3.8, 4) is 17.8 Å². The van der Waals surface area contributed by atoms with E-state index in [-0.39, 0.29) is 11.1 Å². The molecule has 0 bridgehead atoms. The Morgan fingerprint density at radius 2 is 1.84 bits per heavy atom. The van der Waals surface area contributed by atoms with Crippen LogP contribution in [0.3, 0.4) is 0 Å². The quantitative estimate of drug-likeness (QED) is 0.777. The molecule has 0 amide bonds. The maximum atomic E-state index is 12.1. The summed E-state index contributed by atoms with van der Waals surface area (Å²) >= 11 is 0. The standard InChI is InChI=1S/C15H11N3O/c1-10-3-4-14(11(2)5-10)18-9-12(7-16)6-13(8-17)15(18)19/h3-6,9H,1-2H3. The van der Waals surface area contributed by atoms with Crippen LogP contribution in [-0.2, 0) is 0 Å². The van der Waals surface area contributed by atoms with Gasteiger partial charge in [-0.05, 0) is 31.5 Å². The van der Waals surface area contributed by atoms with Gasteiger partial charge in [0.25, 0.3) is 5.56 Å². The minimum absolute atomic E-state index is 0.0287. The van der Waals surface area contributed by atoms with Gasteiger partial charge in [0.1, 0.15) is 17.7 Å². The Morgan fingerprint density at radius 1 is 1.11 bits per heavy atom. The van der Waals surface area contributed by atoms with E-state index in [0.29, 0.717) is 5.69 Å². The van der Waals surface area contributed by atoms with Crippen LogP contribution >= 0.6 is 0 Å². The van der Waals surface area contributed by atoms with E-state index in [0.717, 1.165) is 11.1 Å². The summed E-state index contributed by atoms with van der Waals surface area (Å²) in [6, 6.07) is 10.7. The molecule has 0 saturated heterocycles. The van der Waals surface area contributed by atoms with Crippen molar-refractivity contribution in [3.05, 3.63) is 63.1 Å². The third-order valence-corrected chi connectivity index (χ3v) is 2.88. The molecule has 92 valence electrons. The van der Waals surface area contributed by atoms with Gasteiger partial charge in [0, 0.05) is 6.20 Å². The molecule has 0 N–H and O–H groups in total. The second-order valence-corrected chi connectivity index (χ2v) is 4.33. The zero-order chi connectivity index (χ0) is 14.0. The van der Waals surface area contributed by atoms with Crippen LogP contribution in [0.2, 0.25) is 0 Å². The lowest BCUT2D eigenvalue weighted by molar-refractivity contribution is 0.964. The summed E-state index contributed by atoms with van der Waals surface area (Å²) in [5.74, 6) is 0. The van der Waals surface area contributed by atoms with Crippen molar-refractivity contribution in [1.82, 2.24) is 4.57 Å². The highest BCUT2D eigenvalue weighted by Crippen LogP contribution is 2.15. The Morgan fingerprint density at radius 3 is 2.42 bits per heavy atom. The van der Waals surface area contributed by atoms with E-state index < -0.39 is 5.56 Å². The lowest BCUT2D eigenvalue weighted by Gasteiger charge is -2.10. The van der Waals surface area contributed by atoms with Crippen molar-refractivity contribution in [2.24, 2.45) is 0 Å². The van der Waals surface area contributed by atoms with E-state index in [1.165, 1.54) is 16.8 Å². The van der Waals surface area contributed by atoms with Crippen molar-refractivity contribution in [2.75, 3.05) is 0 Å². The molecule has 2 aromatic rings. The average molecular weight is 249 g/mol. The molecule has 2 rings (SSSR count). The Balaban J connectivity index is 2.80. The third-order valence-electron chi connectivity index (χ3n) is 2.88. The second-order valence-electron chi connectivity index (χ2n) is 4.33. The maximum Gasteiger partial charge on any atom is 0.273 e. The highest BCUT2D eigenvalue weighted by molar-refractivity contribution is 5.46. The van der Waals surface area contributed by atoms with E-state index in [1.54, 1.807) is 0 Å². The fourth-order valence-corrected chi connectivity index (χ4v) is 1.98. The van der Waals surface area contributed by atoms with Gasteiger partial charge in [0.2, 0.25) is 0 Å². The van der Waals surface area contributed by atoms with Crippen molar-refractivity contribution >= 4 is 0 Å². The predicted octanol–water partition coefficient (Wildman–Crippen LogP) is 2.20. The number of nitrogens with zero attached hydrogens (tertiary/aromatic N) is 3. The van der Waals surface area contributed by atoms with Gasteiger partial charge in [-0.15, -0.1) is 0 Å². The first-order valence-electron chi connectivity index (χ1n) is 5.71. The number of aryl methyl sites for hydroxylation is 2. The first-order chi connectivity index (χ1) is 9.06. The van der Waals surface area contributed by atoms with Crippen molar-refractivity contribution in [2.45, 2.75) is 13.8 Å². The molecule has 1 aromatic heterocycles. The predicted molar refractivity (Wildman–Crippen MR) is 70.9 cm³/mol. The van der Waals surface area contributed by atoms with Gasteiger partial charge in [-0.25, -0.2) is 0 Å². The molecule has 0 fully saturated rings. The van der Waals surface area contributed by atoms with Crippen molar-refractivity contribution in [1.29, 1.82) is 10.5 Å². The third kappa shape index (κ3) is 2.25. The number of hydrogen-bond acceptors (Lipinski definition) is 3. The molecule has 0 saturated carbocycles. The monoisotopic (exact) mass is 249 g/mol. The lowest BCUT2D eigenvalue weighted by atomic mass is 10.1. The summed E-state index contributed by atoms with van der Waals surface area (Å²) < 4.78 is 1.35. The number of rotatable bonds is 1. The van der Waals surface area contributed by atoms with E-state index in [4.69, 9.17) is 10.5 Å². The molecule has 1 aromatic carbocycles. The van der Waals surface area contributed by atoms with Gasteiger partial charge in [-0.2, -0.15) is 10.5 Å². The van der Waals surface area contributed by atoms with Gasteiger partial charge >= 0.3 is 0 Å². The minimum atomic E-state index is -0.409. The SMILES string of the molecule is Cc1ccc(-n2cc(C#N)cc(C#N)c2=O)c(C)c1. The minimum Gasteiger partial charge on any atom is -0.282 e. The highest BCUT2D eigenvalue weighted by atomic mass is 16.1. The Labute approximate surface area is 110 Å². The van der Waals surface area contributed by atoms with Crippen LogP contribution < -0.4 is 5.56 Å². The molecular weight excluding hydrogens is 238 g/mol. The van der Waals surface area contributed by atoms with Crippen LogP contribution in [0.1, 0.15) is 22.3 Å². The molecule has 0 radical (unpaired) electrons. The van der Waals surface area contributed by atoms with Gasteiger partial charge < -0.3 is 0 Å². The number of hydrogen-bond donors (Lipinski definition) is 0. The van der Waals surface area contributed by atoms with Crippen molar-refractivity contribution < 1.29 is 0 Å². The van der Waals surface area contributed by atoms with Gasteiger partial charge in [-0.3, -0.25) is 9.36 Å². The first kappa shape index (κ1) is 12.6. The Kier molecular flexibility index (Phi) is 3.18. The molecular formula is C15H11N3O. The molecule has 0 aliphatic carbocycles. The van der Waals surface area contributed by atoms with E-state index >= 15 is 0 Å². The molecule has 0 unspecified atom stereocenters. The molecule has 0 aliphatic rings. The number of nitriles is 2. The van der Waals surface area contributed by atoms with Gasteiger partial charge in [0.05, 0.1) is 11.3 Å². The molecule has 19 heavy (non-hydrogen) atoms. The number of aromatic nitrogens is 1. The normalized spacial score (nSPS) is 9.68. The van der Waals surface area contributed by atoms with Crippen LogP contribution in [0.25, 0.3) is 5.69 Å². The molecule has 1 heterocycles. The highest BCUT2D eigenvalue weighted by Gasteiger charge is 2.09. The Hall–Kier alpha value is -2.85. The largest absolute Gasteiger partial charge is 0.282 e. The zero-order valence-electron chi connectivity index (χ0n) is 10.6. The fourth-order valence-electron chi connectivity index (χ4n) is 1.98. The average Bonchev–Trinajstić information content (AvgIpc) is 2.40. The molecule has 0 spiro atoms. The van der Waals surface area contributed by atoms with E-state index in [9.17, 15) is 4.79 Å². The van der Waals surface area contributed by atoms with Crippen LogP contribution in [0.5, 0.6) is 0 Å². The second kappa shape index (κ2) is 4.80. The smallest absolute Gasteiger partial charge is 0.273 e. The van der Waals surface area contributed by atoms with Crippen molar-refractivity contribution in [3.63, 3.8) is 0 Å². The van der Waals surface area contributed by atoms with Crippen LogP contribution in [-0.4, -0.2) is 4.57 Å². The zero-order valence-corrected chi connectivity index (χ0v) is 10.6.